The minimum absolute atomic E-state index is 0.0113. The predicted octanol–water partition coefficient (Wildman–Crippen LogP) is 2.49. The SMILES string of the molecule is CCc1nccn1-c1cc(OC)c([N+](=O)[O-])cc1F. The van der Waals surface area contributed by atoms with E-state index in [0.29, 0.717) is 12.2 Å². The van der Waals surface area contributed by atoms with Crippen LogP contribution in [0.3, 0.4) is 0 Å². The molecule has 2 aromatic rings. The molecule has 0 aliphatic heterocycles. The largest absolute Gasteiger partial charge is 0.490 e. The summed E-state index contributed by atoms with van der Waals surface area (Å²) in [6.45, 7) is 1.89. The zero-order valence-electron chi connectivity index (χ0n) is 10.5. The van der Waals surface area contributed by atoms with Gasteiger partial charge in [0, 0.05) is 24.9 Å². The second-order valence-electron chi connectivity index (χ2n) is 3.80. The molecule has 0 N–H and O–H groups in total. The van der Waals surface area contributed by atoms with Gasteiger partial charge in [-0.25, -0.2) is 9.37 Å². The second kappa shape index (κ2) is 5.05. The quantitative estimate of drug-likeness (QED) is 0.629. The number of nitro groups is 1. The molecule has 100 valence electrons. The van der Waals surface area contributed by atoms with Gasteiger partial charge in [0.1, 0.15) is 5.82 Å². The fourth-order valence-electron chi connectivity index (χ4n) is 1.84. The van der Waals surface area contributed by atoms with E-state index in [-0.39, 0.29) is 11.4 Å². The Morgan fingerprint density at radius 3 is 2.84 bits per heavy atom. The minimum atomic E-state index is -0.694. The van der Waals surface area contributed by atoms with Crippen molar-refractivity contribution in [3.8, 4) is 11.4 Å². The highest BCUT2D eigenvalue weighted by Crippen LogP contribution is 2.31. The molecule has 0 atom stereocenters. The summed E-state index contributed by atoms with van der Waals surface area (Å²) in [5.74, 6) is -0.0211. The number of aryl methyl sites for hydroxylation is 1. The fourth-order valence-corrected chi connectivity index (χ4v) is 1.84. The van der Waals surface area contributed by atoms with E-state index in [9.17, 15) is 14.5 Å². The maximum atomic E-state index is 14.0. The lowest BCUT2D eigenvalue weighted by Gasteiger charge is -2.10. The van der Waals surface area contributed by atoms with Gasteiger partial charge in [-0.1, -0.05) is 6.92 Å². The van der Waals surface area contributed by atoms with Crippen LogP contribution in [0.2, 0.25) is 0 Å². The van der Waals surface area contributed by atoms with Crippen LogP contribution in [0.4, 0.5) is 10.1 Å². The van der Waals surface area contributed by atoms with Gasteiger partial charge in [0.2, 0.25) is 0 Å². The molecule has 19 heavy (non-hydrogen) atoms. The van der Waals surface area contributed by atoms with Gasteiger partial charge in [0.25, 0.3) is 0 Å². The summed E-state index contributed by atoms with van der Waals surface area (Å²) in [6.07, 6.45) is 3.76. The van der Waals surface area contributed by atoms with Gasteiger partial charge in [0.15, 0.2) is 11.6 Å². The fraction of sp³-hybridized carbons (Fsp3) is 0.250. The molecule has 2 rings (SSSR count). The first-order chi connectivity index (χ1) is 9.08. The van der Waals surface area contributed by atoms with Crippen molar-refractivity contribution in [2.75, 3.05) is 7.11 Å². The summed E-state index contributed by atoms with van der Waals surface area (Å²) in [4.78, 5) is 14.2. The molecule has 0 radical (unpaired) electrons. The number of ether oxygens (including phenoxy) is 1. The lowest BCUT2D eigenvalue weighted by Crippen LogP contribution is -2.04. The molecule has 0 saturated heterocycles. The van der Waals surface area contributed by atoms with Gasteiger partial charge in [-0.3, -0.25) is 10.1 Å². The van der Waals surface area contributed by atoms with Crippen molar-refractivity contribution in [2.45, 2.75) is 13.3 Å². The van der Waals surface area contributed by atoms with Gasteiger partial charge in [-0.15, -0.1) is 0 Å². The number of imidazole rings is 1. The Bertz CT molecular complexity index is 625. The van der Waals surface area contributed by atoms with E-state index in [1.54, 1.807) is 17.0 Å². The Labute approximate surface area is 108 Å². The van der Waals surface area contributed by atoms with E-state index in [4.69, 9.17) is 4.74 Å². The van der Waals surface area contributed by atoms with Gasteiger partial charge >= 0.3 is 5.69 Å². The number of rotatable bonds is 4. The van der Waals surface area contributed by atoms with Crippen molar-refractivity contribution >= 4 is 5.69 Å². The molecule has 0 aliphatic carbocycles. The molecule has 0 amide bonds. The van der Waals surface area contributed by atoms with Crippen LogP contribution in [-0.4, -0.2) is 21.6 Å². The minimum Gasteiger partial charge on any atom is -0.490 e. The molecule has 1 aromatic heterocycles. The lowest BCUT2D eigenvalue weighted by atomic mass is 10.2. The van der Waals surface area contributed by atoms with Crippen LogP contribution < -0.4 is 4.74 Å². The number of hydrogen-bond donors (Lipinski definition) is 0. The molecule has 1 heterocycles. The predicted molar refractivity (Wildman–Crippen MR) is 66.1 cm³/mol. The van der Waals surface area contributed by atoms with Crippen molar-refractivity contribution in [1.29, 1.82) is 0 Å². The van der Waals surface area contributed by atoms with E-state index in [1.165, 1.54) is 13.2 Å². The molecular weight excluding hydrogens is 253 g/mol. The smallest absolute Gasteiger partial charge is 0.313 e. The lowest BCUT2D eigenvalue weighted by molar-refractivity contribution is -0.385. The molecule has 6 nitrogen and oxygen atoms in total. The van der Waals surface area contributed by atoms with Crippen molar-refractivity contribution in [3.63, 3.8) is 0 Å². The summed E-state index contributed by atoms with van der Waals surface area (Å²) < 4.78 is 20.5. The Kier molecular flexibility index (Phi) is 3.46. The Morgan fingerprint density at radius 1 is 1.53 bits per heavy atom. The first-order valence-electron chi connectivity index (χ1n) is 5.63. The number of benzene rings is 1. The van der Waals surface area contributed by atoms with E-state index < -0.39 is 16.4 Å². The molecule has 7 heteroatoms. The molecule has 0 fully saturated rings. The Morgan fingerprint density at radius 2 is 2.26 bits per heavy atom. The van der Waals surface area contributed by atoms with Crippen LogP contribution in [0.1, 0.15) is 12.7 Å². The second-order valence-corrected chi connectivity index (χ2v) is 3.80. The van der Waals surface area contributed by atoms with E-state index in [1.807, 2.05) is 6.92 Å². The topological polar surface area (TPSA) is 70.2 Å². The normalized spacial score (nSPS) is 10.5. The van der Waals surface area contributed by atoms with E-state index >= 15 is 0 Å². The average Bonchev–Trinajstić information content (AvgIpc) is 2.86. The average molecular weight is 265 g/mol. The van der Waals surface area contributed by atoms with Gasteiger partial charge in [-0.05, 0) is 0 Å². The number of nitrogens with zero attached hydrogens (tertiary/aromatic N) is 3. The highest BCUT2D eigenvalue weighted by atomic mass is 19.1. The third-order valence-corrected chi connectivity index (χ3v) is 2.74. The summed E-state index contributed by atoms with van der Waals surface area (Å²) in [6, 6.07) is 2.15. The number of methoxy groups -OCH3 is 1. The number of nitro benzene ring substituents is 1. The first kappa shape index (κ1) is 13.0. The molecular formula is C12H12FN3O3. The third kappa shape index (κ3) is 2.26. The van der Waals surface area contributed by atoms with Crippen LogP contribution in [0.15, 0.2) is 24.5 Å². The standard InChI is InChI=1S/C12H12FN3O3/c1-3-12-14-4-5-15(12)9-7-11(19-2)10(16(17)18)6-8(9)13/h4-7H,3H2,1-2H3. The monoisotopic (exact) mass is 265 g/mol. The number of halogens is 1. The molecule has 0 spiro atoms. The van der Waals surface area contributed by atoms with Crippen molar-refractivity contribution in [3.05, 3.63) is 46.3 Å². The zero-order chi connectivity index (χ0) is 14.0. The van der Waals surface area contributed by atoms with Crippen LogP contribution in [0.5, 0.6) is 5.75 Å². The van der Waals surface area contributed by atoms with E-state index in [0.717, 1.165) is 6.07 Å². The molecule has 0 bridgehead atoms. The zero-order valence-corrected chi connectivity index (χ0v) is 10.5. The van der Waals surface area contributed by atoms with Gasteiger partial charge in [-0.2, -0.15) is 0 Å². The maximum Gasteiger partial charge on any atom is 0.313 e. The number of hydrogen-bond acceptors (Lipinski definition) is 4. The van der Waals surface area contributed by atoms with Crippen LogP contribution in [0.25, 0.3) is 5.69 Å². The summed E-state index contributed by atoms with van der Waals surface area (Å²) in [5, 5.41) is 10.8. The van der Waals surface area contributed by atoms with Gasteiger partial charge < -0.3 is 9.30 Å². The molecule has 0 saturated carbocycles. The Hall–Kier alpha value is -2.44. The number of aromatic nitrogens is 2. The molecule has 0 aliphatic rings. The van der Waals surface area contributed by atoms with Crippen LogP contribution in [0, 0.1) is 15.9 Å². The summed E-state index contributed by atoms with van der Waals surface area (Å²) in [7, 11) is 1.30. The van der Waals surface area contributed by atoms with E-state index in [2.05, 4.69) is 4.98 Å². The van der Waals surface area contributed by atoms with Gasteiger partial charge in [0.05, 0.1) is 23.8 Å². The highest BCUT2D eigenvalue weighted by Gasteiger charge is 2.20. The third-order valence-electron chi connectivity index (χ3n) is 2.74. The van der Waals surface area contributed by atoms with Crippen molar-refractivity contribution in [1.82, 2.24) is 9.55 Å². The summed E-state index contributed by atoms with van der Waals surface area (Å²) >= 11 is 0. The van der Waals surface area contributed by atoms with Crippen LogP contribution in [-0.2, 0) is 6.42 Å². The summed E-state index contributed by atoms with van der Waals surface area (Å²) in [5.41, 5.74) is -0.223. The van der Waals surface area contributed by atoms with Crippen molar-refractivity contribution < 1.29 is 14.1 Å². The van der Waals surface area contributed by atoms with Crippen molar-refractivity contribution in [2.24, 2.45) is 0 Å². The highest BCUT2D eigenvalue weighted by molar-refractivity contribution is 5.54. The molecule has 0 unspecified atom stereocenters. The first-order valence-corrected chi connectivity index (χ1v) is 5.63. The Balaban J connectivity index is 2.62. The molecule has 1 aromatic carbocycles. The van der Waals surface area contributed by atoms with Crippen LogP contribution >= 0.6 is 0 Å². The maximum absolute atomic E-state index is 14.0.